The van der Waals surface area contributed by atoms with Gasteiger partial charge >= 0.3 is 0 Å². The van der Waals surface area contributed by atoms with Crippen molar-refractivity contribution in [3.63, 3.8) is 0 Å². The zero-order valence-corrected chi connectivity index (χ0v) is 17.2. The number of hydrogen-bond donors (Lipinski definition) is 2. The van der Waals surface area contributed by atoms with Gasteiger partial charge in [0.05, 0.1) is 5.69 Å². The normalized spacial score (nSPS) is 14.3. The van der Waals surface area contributed by atoms with Crippen LogP contribution in [0.25, 0.3) is 11.3 Å². The predicted molar refractivity (Wildman–Crippen MR) is 116 cm³/mol. The maximum atomic E-state index is 12.8. The highest BCUT2D eigenvalue weighted by Gasteiger charge is 2.26. The van der Waals surface area contributed by atoms with E-state index >= 15 is 0 Å². The molecule has 0 aliphatic heterocycles. The van der Waals surface area contributed by atoms with E-state index in [-0.39, 0.29) is 11.7 Å². The number of ether oxygens (including phenoxy) is 1. The molecule has 0 saturated carbocycles. The monoisotopic (exact) mass is 403 g/mol. The number of H-pyrrole nitrogens is 1. The number of anilines is 1. The van der Waals surface area contributed by atoms with Gasteiger partial charge in [0.2, 0.25) is 0 Å². The minimum atomic E-state index is -0.570. The summed E-state index contributed by atoms with van der Waals surface area (Å²) in [5.41, 5.74) is 5.79. The van der Waals surface area contributed by atoms with Crippen molar-refractivity contribution in [1.29, 1.82) is 0 Å². The molecule has 0 spiro atoms. The van der Waals surface area contributed by atoms with Crippen molar-refractivity contribution in [3.8, 4) is 11.3 Å². The number of benzene rings is 1. The van der Waals surface area contributed by atoms with E-state index in [4.69, 9.17) is 4.74 Å². The van der Waals surface area contributed by atoms with Gasteiger partial charge < -0.3 is 15.0 Å². The number of aryl methyl sites for hydroxylation is 1. The largest absolute Gasteiger partial charge is 0.372 e. The molecule has 0 radical (unpaired) electrons. The fraction of sp³-hybridized carbons (Fsp3) is 0.292. The number of pyridine rings is 1. The van der Waals surface area contributed by atoms with Crippen LogP contribution in [0, 0.1) is 0 Å². The standard InChI is InChI=1S/C24H25N3O3/c1-15(30-2)24(29)27-21-14-17(11-12-25-21)23-18(13-16-7-4-3-5-8-16)22-19(26-23)9-6-10-20(22)28/h3-5,7-8,11-12,14-15,26H,6,9-10,13H2,1-2H3,(H,25,27,29). The van der Waals surface area contributed by atoms with Crippen molar-refractivity contribution in [2.24, 2.45) is 0 Å². The Bertz CT molecular complexity index is 1070. The summed E-state index contributed by atoms with van der Waals surface area (Å²) < 4.78 is 5.07. The molecule has 3 aromatic rings. The summed E-state index contributed by atoms with van der Waals surface area (Å²) in [6.45, 7) is 1.68. The number of methoxy groups -OCH3 is 1. The zero-order chi connectivity index (χ0) is 21.1. The Kier molecular flexibility index (Phi) is 5.77. The highest BCUT2D eigenvalue weighted by Crippen LogP contribution is 2.35. The second-order valence-electron chi connectivity index (χ2n) is 7.57. The van der Waals surface area contributed by atoms with Crippen LogP contribution in [0.15, 0.2) is 48.7 Å². The van der Waals surface area contributed by atoms with Crippen LogP contribution in [0.2, 0.25) is 0 Å². The summed E-state index contributed by atoms with van der Waals surface area (Å²) in [6.07, 6.45) is 4.07. The third-order valence-electron chi connectivity index (χ3n) is 5.54. The van der Waals surface area contributed by atoms with Crippen LogP contribution in [0.4, 0.5) is 5.82 Å². The number of nitrogens with one attached hydrogen (secondary N) is 2. The quantitative estimate of drug-likeness (QED) is 0.647. The molecule has 0 saturated heterocycles. The summed E-state index contributed by atoms with van der Waals surface area (Å²) in [5.74, 6) is 0.389. The number of Topliss-reactive ketones (excluding diaryl/α,β-unsaturated/α-hetero) is 1. The van der Waals surface area contributed by atoms with Gasteiger partial charge in [-0.1, -0.05) is 30.3 Å². The number of aromatic nitrogens is 2. The van der Waals surface area contributed by atoms with Crippen LogP contribution >= 0.6 is 0 Å². The Balaban J connectivity index is 1.74. The first-order valence-electron chi connectivity index (χ1n) is 10.2. The summed E-state index contributed by atoms with van der Waals surface area (Å²) in [6, 6.07) is 13.9. The van der Waals surface area contributed by atoms with Crippen molar-refractivity contribution in [3.05, 3.63) is 71.0 Å². The van der Waals surface area contributed by atoms with E-state index in [1.807, 2.05) is 30.3 Å². The van der Waals surface area contributed by atoms with Gasteiger partial charge in [-0.15, -0.1) is 0 Å². The molecular weight excluding hydrogens is 378 g/mol. The van der Waals surface area contributed by atoms with Crippen LogP contribution in [0.5, 0.6) is 0 Å². The molecule has 2 heterocycles. The van der Waals surface area contributed by atoms with Gasteiger partial charge in [0, 0.05) is 43.0 Å². The number of nitrogens with zero attached hydrogens (tertiary/aromatic N) is 1. The molecule has 4 rings (SSSR count). The van der Waals surface area contributed by atoms with Gasteiger partial charge in [-0.2, -0.15) is 0 Å². The molecule has 1 aromatic carbocycles. The fourth-order valence-electron chi connectivity index (χ4n) is 3.88. The number of rotatable bonds is 6. The molecule has 1 amide bonds. The fourth-order valence-corrected chi connectivity index (χ4v) is 3.88. The Morgan fingerprint density at radius 1 is 1.23 bits per heavy atom. The number of amides is 1. The van der Waals surface area contributed by atoms with E-state index in [1.165, 1.54) is 7.11 Å². The topological polar surface area (TPSA) is 84.1 Å². The number of carbonyl (C=O) groups is 2. The van der Waals surface area contributed by atoms with E-state index in [9.17, 15) is 9.59 Å². The molecule has 6 heteroatoms. The zero-order valence-electron chi connectivity index (χ0n) is 17.2. The second-order valence-corrected chi connectivity index (χ2v) is 7.57. The van der Waals surface area contributed by atoms with E-state index in [0.29, 0.717) is 18.7 Å². The van der Waals surface area contributed by atoms with Gasteiger partial charge in [0.15, 0.2) is 5.78 Å². The number of fused-ring (bicyclic) bond motifs is 1. The van der Waals surface area contributed by atoms with Gasteiger partial charge in [-0.3, -0.25) is 9.59 Å². The molecule has 1 aliphatic rings. The molecular formula is C24H25N3O3. The number of hydrogen-bond acceptors (Lipinski definition) is 4. The molecule has 2 aromatic heterocycles. The van der Waals surface area contributed by atoms with Crippen LogP contribution in [0.3, 0.4) is 0 Å². The van der Waals surface area contributed by atoms with Gasteiger partial charge in [0.1, 0.15) is 11.9 Å². The third-order valence-corrected chi connectivity index (χ3v) is 5.54. The van der Waals surface area contributed by atoms with Crippen LogP contribution in [0.1, 0.15) is 46.9 Å². The van der Waals surface area contributed by atoms with Gasteiger partial charge in [-0.25, -0.2) is 4.98 Å². The van der Waals surface area contributed by atoms with Crippen molar-refractivity contribution in [2.45, 2.75) is 38.7 Å². The van der Waals surface area contributed by atoms with E-state index in [2.05, 4.69) is 27.4 Å². The average Bonchev–Trinajstić information content (AvgIpc) is 3.13. The predicted octanol–water partition coefficient (Wildman–Crippen LogP) is 4.16. The first kappa shape index (κ1) is 20.0. The Labute approximate surface area is 175 Å². The van der Waals surface area contributed by atoms with Gasteiger partial charge in [-0.05, 0) is 43.0 Å². The highest BCUT2D eigenvalue weighted by molar-refractivity contribution is 6.01. The van der Waals surface area contributed by atoms with Crippen LogP contribution in [-0.4, -0.2) is 34.9 Å². The summed E-state index contributed by atoms with van der Waals surface area (Å²) >= 11 is 0. The van der Waals surface area contributed by atoms with E-state index in [1.54, 1.807) is 13.1 Å². The van der Waals surface area contributed by atoms with Crippen molar-refractivity contribution >= 4 is 17.5 Å². The SMILES string of the molecule is COC(C)C(=O)Nc1cc(-c2[nH]c3c(c2Cc2ccccc2)C(=O)CCC3)ccn1. The lowest BCUT2D eigenvalue weighted by molar-refractivity contribution is -0.124. The maximum Gasteiger partial charge on any atom is 0.254 e. The lowest BCUT2D eigenvalue weighted by Crippen LogP contribution is -2.26. The van der Waals surface area contributed by atoms with Gasteiger partial charge in [0.25, 0.3) is 5.91 Å². The Morgan fingerprint density at radius 2 is 2.03 bits per heavy atom. The molecule has 0 bridgehead atoms. The number of aromatic amines is 1. The number of carbonyl (C=O) groups excluding carboxylic acids is 2. The lowest BCUT2D eigenvalue weighted by Gasteiger charge is -2.13. The molecule has 154 valence electrons. The van der Waals surface area contributed by atoms with Crippen LogP contribution < -0.4 is 5.32 Å². The first-order chi connectivity index (χ1) is 14.6. The highest BCUT2D eigenvalue weighted by atomic mass is 16.5. The molecule has 1 unspecified atom stereocenters. The Morgan fingerprint density at radius 3 is 2.80 bits per heavy atom. The van der Waals surface area contributed by atoms with Crippen LogP contribution in [-0.2, 0) is 22.4 Å². The molecule has 30 heavy (non-hydrogen) atoms. The summed E-state index contributed by atoms with van der Waals surface area (Å²) in [7, 11) is 1.49. The molecule has 1 aliphatic carbocycles. The van der Waals surface area contributed by atoms with E-state index < -0.39 is 6.10 Å². The maximum absolute atomic E-state index is 12.8. The molecule has 1 atom stereocenters. The second kappa shape index (κ2) is 8.63. The average molecular weight is 403 g/mol. The minimum Gasteiger partial charge on any atom is -0.372 e. The lowest BCUT2D eigenvalue weighted by atomic mass is 9.90. The molecule has 6 nitrogen and oxygen atoms in total. The summed E-state index contributed by atoms with van der Waals surface area (Å²) in [4.78, 5) is 32.7. The third kappa shape index (κ3) is 4.04. The van der Waals surface area contributed by atoms with Crippen molar-refractivity contribution in [1.82, 2.24) is 9.97 Å². The number of ketones is 1. The Hall–Kier alpha value is -3.25. The first-order valence-corrected chi connectivity index (χ1v) is 10.2. The molecule has 2 N–H and O–H groups in total. The van der Waals surface area contributed by atoms with Crippen molar-refractivity contribution < 1.29 is 14.3 Å². The smallest absolute Gasteiger partial charge is 0.254 e. The minimum absolute atomic E-state index is 0.196. The van der Waals surface area contributed by atoms with E-state index in [0.717, 1.165) is 46.5 Å². The summed E-state index contributed by atoms with van der Waals surface area (Å²) in [5, 5.41) is 2.79. The van der Waals surface area contributed by atoms with Crippen molar-refractivity contribution in [2.75, 3.05) is 12.4 Å². The molecule has 0 fully saturated rings.